The van der Waals surface area contributed by atoms with Crippen molar-refractivity contribution in [2.24, 2.45) is 0 Å². The highest BCUT2D eigenvalue weighted by atomic mass is 35.5. The van der Waals surface area contributed by atoms with Gasteiger partial charge in [-0.1, -0.05) is 25.1 Å². The number of halogens is 1. The van der Waals surface area contributed by atoms with Crippen LogP contribution in [0.1, 0.15) is 54.6 Å². The lowest BCUT2D eigenvalue weighted by atomic mass is 10.2. The van der Waals surface area contributed by atoms with Crippen molar-refractivity contribution in [2.45, 2.75) is 52.0 Å². The van der Waals surface area contributed by atoms with Gasteiger partial charge in [0, 0.05) is 56.0 Å². The standard InChI is InChI=1S/C14H12N4O2S.C14H19N4.C12H15NO4.ClH/c15-10-5-7-11(8-6-10)21(19,20)18-14-9-16-12-3-1-2-4-13(12)17-14;1-3-6-13-16-9-12(14(15)17-13)10-18-8-5-4-7-11(18)2;1-4-17-11-7-9(13-8(2)14)5-6-10(11)12(15)16-3;/h1-9H,15H2,(H,17,18);4-5,7-9H,3,6,10H2,1-2H3,(H2,15,16,17);5-7H,4H2,1-3H3,(H,13,14);1H/q;+1;;/p-1. The molecule has 3 aromatic carbocycles. The number of methoxy groups -OCH3 is 1. The van der Waals surface area contributed by atoms with Crippen molar-refractivity contribution in [1.82, 2.24) is 19.9 Å². The number of anilines is 4. The number of rotatable bonds is 11. The molecule has 0 saturated carbocycles. The van der Waals surface area contributed by atoms with Gasteiger partial charge < -0.3 is 38.7 Å². The summed E-state index contributed by atoms with van der Waals surface area (Å²) < 4.78 is 39.0. The van der Waals surface area contributed by atoms with Gasteiger partial charge in [-0.2, -0.15) is 4.57 Å². The topological polar surface area (TPSA) is 218 Å². The number of carbonyl (C=O) groups excluding carboxylic acids is 2. The fourth-order valence-electron chi connectivity index (χ4n) is 5.05. The molecule has 15 nitrogen and oxygen atoms in total. The number of pyridine rings is 1. The maximum Gasteiger partial charge on any atom is 0.341 e. The largest absolute Gasteiger partial charge is 1.00 e. The Kier molecular flexibility index (Phi) is 17.1. The van der Waals surface area contributed by atoms with Gasteiger partial charge in [-0.3, -0.25) is 14.5 Å². The molecule has 0 atom stereocenters. The zero-order valence-corrected chi connectivity index (χ0v) is 33.8. The minimum Gasteiger partial charge on any atom is -1.00 e. The van der Waals surface area contributed by atoms with E-state index >= 15 is 0 Å². The molecule has 3 aromatic heterocycles. The van der Waals surface area contributed by atoms with E-state index in [1.165, 1.54) is 50.2 Å². The maximum atomic E-state index is 12.2. The predicted molar refractivity (Wildman–Crippen MR) is 215 cm³/mol. The van der Waals surface area contributed by atoms with Crippen LogP contribution in [0.25, 0.3) is 11.0 Å². The molecule has 0 unspecified atom stereocenters. The van der Waals surface area contributed by atoms with Gasteiger partial charge in [0.15, 0.2) is 24.3 Å². The van der Waals surface area contributed by atoms with Gasteiger partial charge in [0.05, 0.1) is 41.4 Å². The van der Waals surface area contributed by atoms with Crippen LogP contribution in [0.4, 0.5) is 23.0 Å². The van der Waals surface area contributed by atoms with Gasteiger partial charge in [0.2, 0.25) is 5.91 Å². The summed E-state index contributed by atoms with van der Waals surface area (Å²) in [6, 6.07) is 24.0. The lowest BCUT2D eigenvalue weighted by Gasteiger charge is -2.10. The van der Waals surface area contributed by atoms with Crippen molar-refractivity contribution in [3.63, 3.8) is 0 Å². The van der Waals surface area contributed by atoms with Crippen LogP contribution >= 0.6 is 0 Å². The number of nitrogens with one attached hydrogen (secondary N) is 2. The zero-order chi connectivity index (χ0) is 40.7. The third kappa shape index (κ3) is 13.4. The van der Waals surface area contributed by atoms with Crippen molar-refractivity contribution in [1.29, 1.82) is 0 Å². The Morgan fingerprint density at radius 2 is 1.58 bits per heavy atom. The second-order valence-electron chi connectivity index (χ2n) is 12.2. The van der Waals surface area contributed by atoms with Crippen LogP contribution in [0.2, 0.25) is 0 Å². The molecule has 57 heavy (non-hydrogen) atoms. The number of hydrogen-bond acceptors (Lipinski definition) is 12. The predicted octanol–water partition coefficient (Wildman–Crippen LogP) is 2.50. The number of aryl methyl sites for hydroxylation is 2. The Balaban J connectivity index is 0.000000229. The van der Waals surface area contributed by atoms with Crippen molar-refractivity contribution in [3.05, 3.63) is 126 Å². The van der Waals surface area contributed by atoms with Crippen molar-refractivity contribution in [2.75, 3.05) is 35.2 Å². The van der Waals surface area contributed by atoms with Gasteiger partial charge in [-0.05, 0) is 61.9 Å². The van der Waals surface area contributed by atoms with Crippen LogP contribution in [0.15, 0.2) is 108 Å². The number of fused-ring (bicyclic) bond motifs is 1. The number of hydrogen-bond donors (Lipinski definition) is 4. The van der Waals surface area contributed by atoms with E-state index in [-0.39, 0.29) is 29.0 Å². The smallest absolute Gasteiger partial charge is 0.341 e. The molecule has 0 aliphatic carbocycles. The first kappa shape index (κ1) is 45.0. The Hall–Kier alpha value is -6.39. The summed E-state index contributed by atoms with van der Waals surface area (Å²) in [6.45, 7) is 8.54. The van der Waals surface area contributed by atoms with Crippen LogP contribution in [0.5, 0.6) is 5.75 Å². The van der Waals surface area contributed by atoms with E-state index in [0.717, 1.165) is 24.2 Å². The van der Waals surface area contributed by atoms with Crippen LogP contribution in [0.3, 0.4) is 0 Å². The minimum atomic E-state index is -3.71. The molecule has 6 aromatic rings. The Morgan fingerprint density at radius 3 is 2.21 bits per heavy atom. The SMILES string of the molecule is CCCc1ncc(C[n+]2ccccc2C)c(N)n1.CCOc1cc(NC(C)=O)ccc1C(=O)OC.Nc1ccc(S(=O)(=O)Nc2cnc3ccccc3n2)cc1.[Cl-]. The molecule has 0 aliphatic rings. The molecule has 17 heteroatoms. The molecule has 6 N–H and O–H groups in total. The summed E-state index contributed by atoms with van der Waals surface area (Å²) in [5.41, 5.74) is 16.4. The van der Waals surface area contributed by atoms with Crippen molar-refractivity contribution < 1.29 is 44.5 Å². The molecular weight excluding hydrogens is 770 g/mol. The van der Waals surface area contributed by atoms with E-state index in [1.54, 1.807) is 30.3 Å². The molecule has 6 rings (SSSR count). The van der Waals surface area contributed by atoms with Gasteiger partial charge >= 0.3 is 5.97 Å². The van der Waals surface area contributed by atoms with Gasteiger partial charge in [-0.15, -0.1) is 0 Å². The van der Waals surface area contributed by atoms with Crippen molar-refractivity contribution in [3.8, 4) is 5.75 Å². The molecule has 1 amide bonds. The first-order chi connectivity index (χ1) is 26.8. The summed E-state index contributed by atoms with van der Waals surface area (Å²) in [7, 11) is -2.40. The third-order valence-corrected chi connectivity index (χ3v) is 9.19. The van der Waals surface area contributed by atoms with Gasteiger partial charge in [0.25, 0.3) is 10.0 Å². The summed E-state index contributed by atoms with van der Waals surface area (Å²) in [5, 5.41) is 2.62. The first-order valence-electron chi connectivity index (χ1n) is 17.6. The lowest BCUT2D eigenvalue weighted by Crippen LogP contribution is -3.00. The van der Waals surface area contributed by atoms with Crippen LogP contribution in [-0.2, 0) is 32.5 Å². The fourth-order valence-corrected chi connectivity index (χ4v) is 6.04. The average molecular weight is 816 g/mol. The number of aromatic nitrogens is 5. The first-order valence-corrected chi connectivity index (χ1v) is 19.1. The summed E-state index contributed by atoms with van der Waals surface area (Å²) >= 11 is 0. The summed E-state index contributed by atoms with van der Waals surface area (Å²) in [4.78, 5) is 39.6. The zero-order valence-electron chi connectivity index (χ0n) is 32.3. The number of amides is 1. The van der Waals surface area contributed by atoms with E-state index in [9.17, 15) is 18.0 Å². The number of sulfonamides is 1. The molecular formula is C40H46ClN9O6S. The van der Waals surface area contributed by atoms with E-state index < -0.39 is 16.0 Å². The second kappa shape index (κ2) is 21.6. The van der Waals surface area contributed by atoms with E-state index in [0.29, 0.717) is 52.7 Å². The molecule has 300 valence electrons. The van der Waals surface area contributed by atoms with Crippen LogP contribution < -0.4 is 43.2 Å². The Labute approximate surface area is 338 Å². The lowest BCUT2D eigenvalue weighted by molar-refractivity contribution is -0.694. The molecule has 0 aliphatic heterocycles. The minimum absolute atomic E-state index is 0. The monoisotopic (exact) mass is 815 g/mol. The Bertz CT molecular complexity index is 2380. The molecule has 0 bridgehead atoms. The number of carbonyl (C=O) groups is 2. The fraction of sp³-hybridized carbons (Fsp3) is 0.225. The number of para-hydroxylation sites is 2. The van der Waals surface area contributed by atoms with Crippen LogP contribution in [-0.4, -0.2) is 53.9 Å². The highest BCUT2D eigenvalue weighted by molar-refractivity contribution is 7.92. The van der Waals surface area contributed by atoms with E-state index in [2.05, 4.69) is 59.2 Å². The Morgan fingerprint density at radius 1 is 0.877 bits per heavy atom. The average Bonchev–Trinajstić information content (AvgIpc) is 3.17. The number of benzene rings is 3. The van der Waals surface area contributed by atoms with Crippen LogP contribution in [0, 0.1) is 6.92 Å². The highest BCUT2D eigenvalue weighted by Crippen LogP contribution is 2.24. The number of nitrogens with zero attached hydrogens (tertiary/aromatic N) is 5. The number of nitrogen functional groups attached to an aromatic ring is 2. The highest BCUT2D eigenvalue weighted by Gasteiger charge is 2.16. The van der Waals surface area contributed by atoms with E-state index in [1.807, 2.05) is 43.6 Å². The normalized spacial score (nSPS) is 10.4. The molecule has 0 fully saturated rings. The van der Waals surface area contributed by atoms with Gasteiger partial charge in [-0.25, -0.2) is 28.2 Å². The van der Waals surface area contributed by atoms with E-state index in [4.69, 9.17) is 16.2 Å². The molecule has 0 saturated heterocycles. The van der Waals surface area contributed by atoms with Crippen molar-refractivity contribution >= 4 is 55.9 Å². The number of esters is 1. The van der Waals surface area contributed by atoms with Gasteiger partial charge in [0.1, 0.15) is 23.0 Å². The molecule has 0 radical (unpaired) electrons. The molecule has 0 spiro atoms. The summed E-state index contributed by atoms with van der Waals surface area (Å²) in [5.74, 6) is 1.33. The number of nitrogens with two attached hydrogens (primary N) is 2. The third-order valence-electron chi connectivity index (χ3n) is 7.81. The maximum absolute atomic E-state index is 12.2. The second-order valence-corrected chi connectivity index (χ2v) is 13.8. The number of ether oxygens (including phenoxy) is 2. The summed E-state index contributed by atoms with van der Waals surface area (Å²) in [6.07, 6.45) is 7.17. The molecule has 3 heterocycles. The quantitative estimate of drug-likeness (QED) is 0.0843.